The summed E-state index contributed by atoms with van der Waals surface area (Å²) in [5.41, 5.74) is 0. The standard InChI is InChI=1S/C12H22O/c1-2-3-6-13-12-8-10-4-5-11(7-10)9-12/h10-12H,2-9H2,1H3/t10-,11+,12?. The minimum absolute atomic E-state index is 0.623. The average Bonchev–Trinajstić information content (AvgIpc) is 2.46. The molecule has 0 saturated heterocycles. The van der Waals surface area contributed by atoms with Gasteiger partial charge in [-0.2, -0.15) is 0 Å². The van der Waals surface area contributed by atoms with E-state index in [1.165, 1.54) is 44.9 Å². The molecule has 0 heterocycles. The normalized spacial score (nSPS) is 38.1. The molecule has 2 rings (SSSR count). The van der Waals surface area contributed by atoms with E-state index in [1.807, 2.05) is 0 Å². The van der Waals surface area contributed by atoms with E-state index >= 15 is 0 Å². The molecule has 3 atom stereocenters. The average molecular weight is 182 g/mol. The summed E-state index contributed by atoms with van der Waals surface area (Å²) in [5, 5.41) is 0. The second-order valence-electron chi connectivity index (χ2n) is 4.86. The van der Waals surface area contributed by atoms with E-state index in [9.17, 15) is 0 Å². The minimum Gasteiger partial charge on any atom is -0.378 e. The molecule has 2 fully saturated rings. The van der Waals surface area contributed by atoms with Gasteiger partial charge in [0, 0.05) is 6.61 Å². The largest absolute Gasteiger partial charge is 0.378 e. The van der Waals surface area contributed by atoms with Crippen LogP contribution in [0.1, 0.15) is 51.9 Å². The van der Waals surface area contributed by atoms with E-state index in [0.717, 1.165) is 18.4 Å². The molecule has 0 aliphatic heterocycles. The predicted molar refractivity (Wildman–Crippen MR) is 54.7 cm³/mol. The van der Waals surface area contributed by atoms with Gasteiger partial charge < -0.3 is 4.74 Å². The van der Waals surface area contributed by atoms with Gasteiger partial charge >= 0.3 is 0 Å². The van der Waals surface area contributed by atoms with Gasteiger partial charge in [-0.15, -0.1) is 0 Å². The van der Waals surface area contributed by atoms with Gasteiger partial charge in [0.05, 0.1) is 6.10 Å². The molecule has 0 radical (unpaired) electrons. The molecule has 0 aromatic carbocycles. The summed E-state index contributed by atoms with van der Waals surface area (Å²) in [6.07, 6.45) is 10.3. The highest BCUT2D eigenvalue weighted by atomic mass is 16.5. The molecule has 2 aliphatic carbocycles. The van der Waals surface area contributed by atoms with E-state index in [4.69, 9.17) is 4.74 Å². The molecular weight excluding hydrogens is 160 g/mol. The Morgan fingerprint density at radius 1 is 1.08 bits per heavy atom. The predicted octanol–water partition coefficient (Wildman–Crippen LogP) is 3.38. The maximum absolute atomic E-state index is 5.90. The van der Waals surface area contributed by atoms with Gasteiger partial charge in [0.25, 0.3) is 0 Å². The Kier molecular flexibility index (Phi) is 3.26. The van der Waals surface area contributed by atoms with Gasteiger partial charge in [-0.3, -0.25) is 0 Å². The third-order valence-electron chi connectivity index (χ3n) is 3.69. The Morgan fingerprint density at radius 2 is 1.77 bits per heavy atom. The summed E-state index contributed by atoms with van der Waals surface area (Å²) in [5.74, 6) is 2.04. The van der Waals surface area contributed by atoms with Gasteiger partial charge in [0.1, 0.15) is 0 Å². The fourth-order valence-electron chi connectivity index (χ4n) is 2.98. The molecule has 13 heavy (non-hydrogen) atoms. The van der Waals surface area contributed by atoms with Crippen molar-refractivity contribution in [3.8, 4) is 0 Å². The van der Waals surface area contributed by atoms with Crippen LogP contribution < -0.4 is 0 Å². The van der Waals surface area contributed by atoms with E-state index < -0.39 is 0 Å². The molecule has 1 heteroatoms. The molecular formula is C12H22O. The van der Waals surface area contributed by atoms with Crippen LogP contribution in [0.25, 0.3) is 0 Å². The van der Waals surface area contributed by atoms with Crippen molar-refractivity contribution in [3.05, 3.63) is 0 Å². The lowest BCUT2D eigenvalue weighted by Crippen LogP contribution is -2.23. The quantitative estimate of drug-likeness (QED) is 0.606. The first-order valence-electron chi connectivity index (χ1n) is 6.00. The third kappa shape index (κ3) is 2.46. The van der Waals surface area contributed by atoms with Gasteiger partial charge in [0.2, 0.25) is 0 Å². The molecule has 0 amide bonds. The fraction of sp³-hybridized carbons (Fsp3) is 1.00. The topological polar surface area (TPSA) is 9.23 Å². The van der Waals surface area contributed by atoms with Gasteiger partial charge in [-0.05, 0) is 37.5 Å². The highest BCUT2D eigenvalue weighted by Gasteiger charge is 2.34. The van der Waals surface area contributed by atoms with E-state index in [1.54, 1.807) is 0 Å². The number of unbranched alkanes of at least 4 members (excludes halogenated alkanes) is 1. The number of hydrogen-bond donors (Lipinski definition) is 0. The Bertz CT molecular complexity index is 143. The lowest BCUT2D eigenvalue weighted by atomic mass is 9.87. The second-order valence-corrected chi connectivity index (χ2v) is 4.86. The molecule has 1 nitrogen and oxygen atoms in total. The van der Waals surface area contributed by atoms with Crippen LogP contribution in [-0.2, 0) is 4.74 Å². The van der Waals surface area contributed by atoms with E-state index in [2.05, 4.69) is 6.92 Å². The molecule has 2 bridgehead atoms. The maximum atomic E-state index is 5.90. The van der Waals surface area contributed by atoms with Crippen LogP contribution in [0.3, 0.4) is 0 Å². The zero-order valence-corrected chi connectivity index (χ0v) is 8.80. The molecule has 2 aliphatic rings. The fourth-order valence-corrected chi connectivity index (χ4v) is 2.98. The van der Waals surface area contributed by atoms with Crippen molar-refractivity contribution in [2.24, 2.45) is 11.8 Å². The van der Waals surface area contributed by atoms with Crippen molar-refractivity contribution in [2.75, 3.05) is 6.61 Å². The van der Waals surface area contributed by atoms with Crippen molar-refractivity contribution in [2.45, 2.75) is 58.0 Å². The summed E-state index contributed by atoms with van der Waals surface area (Å²) in [6.45, 7) is 3.23. The molecule has 1 unspecified atom stereocenters. The lowest BCUT2D eigenvalue weighted by Gasteiger charge is -2.27. The van der Waals surface area contributed by atoms with Crippen molar-refractivity contribution >= 4 is 0 Å². The van der Waals surface area contributed by atoms with Crippen LogP contribution in [0.4, 0.5) is 0 Å². The van der Waals surface area contributed by atoms with Crippen molar-refractivity contribution in [1.82, 2.24) is 0 Å². The third-order valence-corrected chi connectivity index (χ3v) is 3.69. The first-order valence-corrected chi connectivity index (χ1v) is 6.00. The molecule has 76 valence electrons. The molecule has 0 aromatic heterocycles. The summed E-state index contributed by atoms with van der Waals surface area (Å²) < 4.78 is 5.90. The molecule has 0 N–H and O–H groups in total. The summed E-state index contributed by atoms with van der Waals surface area (Å²) in [4.78, 5) is 0. The molecule has 0 aromatic rings. The number of hydrogen-bond acceptors (Lipinski definition) is 1. The summed E-state index contributed by atoms with van der Waals surface area (Å²) >= 11 is 0. The van der Waals surface area contributed by atoms with Crippen molar-refractivity contribution < 1.29 is 4.74 Å². The van der Waals surface area contributed by atoms with Crippen LogP contribution in [0.2, 0.25) is 0 Å². The minimum atomic E-state index is 0.623. The number of rotatable bonds is 4. The summed E-state index contributed by atoms with van der Waals surface area (Å²) in [7, 11) is 0. The Labute approximate surface area is 81.9 Å². The number of fused-ring (bicyclic) bond motifs is 2. The van der Waals surface area contributed by atoms with Crippen LogP contribution >= 0.6 is 0 Å². The molecule has 0 spiro atoms. The first-order chi connectivity index (χ1) is 6.38. The van der Waals surface area contributed by atoms with E-state index in [0.29, 0.717) is 6.10 Å². The van der Waals surface area contributed by atoms with Crippen LogP contribution in [0, 0.1) is 11.8 Å². The van der Waals surface area contributed by atoms with Gasteiger partial charge in [0.15, 0.2) is 0 Å². The number of ether oxygens (including phenoxy) is 1. The monoisotopic (exact) mass is 182 g/mol. The van der Waals surface area contributed by atoms with Crippen LogP contribution in [0.15, 0.2) is 0 Å². The zero-order chi connectivity index (χ0) is 9.10. The highest BCUT2D eigenvalue weighted by Crippen LogP contribution is 2.42. The smallest absolute Gasteiger partial charge is 0.0580 e. The maximum Gasteiger partial charge on any atom is 0.0580 e. The van der Waals surface area contributed by atoms with Gasteiger partial charge in [-0.25, -0.2) is 0 Å². The lowest BCUT2D eigenvalue weighted by molar-refractivity contribution is 0.00853. The van der Waals surface area contributed by atoms with Crippen molar-refractivity contribution in [3.63, 3.8) is 0 Å². The molecule has 2 saturated carbocycles. The van der Waals surface area contributed by atoms with Crippen LogP contribution in [0.5, 0.6) is 0 Å². The van der Waals surface area contributed by atoms with Crippen LogP contribution in [-0.4, -0.2) is 12.7 Å². The van der Waals surface area contributed by atoms with E-state index in [-0.39, 0.29) is 0 Å². The zero-order valence-electron chi connectivity index (χ0n) is 8.80. The van der Waals surface area contributed by atoms with Crippen molar-refractivity contribution in [1.29, 1.82) is 0 Å². The SMILES string of the molecule is CCCCOC1C[C@H]2CC[C@@H](C1)C2. The Hall–Kier alpha value is -0.0400. The second kappa shape index (κ2) is 4.45. The summed E-state index contributed by atoms with van der Waals surface area (Å²) in [6, 6.07) is 0. The Morgan fingerprint density at radius 3 is 2.38 bits per heavy atom. The Balaban J connectivity index is 1.69. The first kappa shape index (κ1) is 9.51. The van der Waals surface area contributed by atoms with Gasteiger partial charge in [-0.1, -0.05) is 26.2 Å². The highest BCUT2D eigenvalue weighted by molar-refractivity contribution is 4.85.